The fraction of sp³-hybridized carbons (Fsp3) is 0.615. The van der Waals surface area contributed by atoms with Gasteiger partial charge in [0.05, 0.1) is 6.54 Å². The quantitative estimate of drug-likeness (QED) is 0.788. The highest BCUT2D eigenvalue weighted by Crippen LogP contribution is 2.25. The molecule has 0 aromatic carbocycles. The Morgan fingerprint density at radius 1 is 1.50 bits per heavy atom. The van der Waals surface area contributed by atoms with E-state index in [9.17, 15) is 4.79 Å². The molecule has 0 amide bonds. The lowest BCUT2D eigenvalue weighted by atomic mass is 9.90. The third-order valence-corrected chi connectivity index (χ3v) is 4.11. The van der Waals surface area contributed by atoms with Crippen LogP contribution in [0, 0.1) is 5.41 Å². The first kappa shape index (κ1) is 11.8. The molecule has 0 fully saturated rings. The summed E-state index contributed by atoms with van der Waals surface area (Å²) in [6.07, 6.45) is 1.10. The molecule has 0 radical (unpaired) electrons. The average molecular weight is 237 g/mol. The van der Waals surface area contributed by atoms with Crippen LogP contribution in [-0.4, -0.2) is 23.8 Å². The van der Waals surface area contributed by atoms with Gasteiger partial charge in [-0.15, -0.1) is 11.3 Å². The number of thiophene rings is 1. The van der Waals surface area contributed by atoms with Gasteiger partial charge in [0.1, 0.15) is 0 Å². The molecule has 2 heterocycles. The second kappa shape index (κ2) is 4.30. The molecule has 16 heavy (non-hydrogen) atoms. The van der Waals surface area contributed by atoms with Crippen molar-refractivity contribution in [3.05, 3.63) is 21.9 Å². The summed E-state index contributed by atoms with van der Waals surface area (Å²) in [4.78, 5) is 15.7. The Hall–Kier alpha value is -0.670. The molecule has 0 bridgehead atoms. The molecule has 2 nitrogen and oxygen atoms in total. The number of carbonyl (C=O) groups is 1. The minimum Gasteiger partial charge on any atom is -0.298 e. The zero-order valence-electron chi connectivity index (χ0n) is 10.2. The number of fused-ring (bicyclic) bond motifs is 1. The van der Waals surface area contributed by atoms with Gasteiger partial charge in [0, 0.05) is 23.4 Å². The molecule has 1 aromatic rings. The van der Waals surface area contributed by atoms with Crippen molar-refractivity contribution in [1.82, 2.24) is 4.90 Å². The Morgan fingerprint density at radius 2 is 2.25 bits per heavy atom. The molecule has 0 saturated carbocycles. The summed E-state index contributed by atoms with van der Waals surface area (Å²) < 4.78 is 0. The van der Waals surface area contributed by atoms with Gasteiger partial charge in [-0.2, -0.15) is 0 Å². The van der Waals surface area contributed by atoms with Crippen molar-refractivity contribution < 1.29 is 4.79 Å². The number of carbonyl (C=O) groups excluding carboxylic acids is 1. The van der Waals surface area contributed by atoms with Gasteiger partial charge in [-0.05, 0) is 23.4 Å². The van der Waals surface area contributed by atoms with Gasteiger partial charge in [0.25, 0.3) is 0 Å². The topological polar surface area (TPSA) is 20.3 Å². The molecule has 88 valence electrons. The van der Waals surface area contributed by atoms with Crippen molar-refractivity contribution in [2.45, 2.75) is 33.7 Å². The lowest BCUT2D eigenvalue weighted by Crippen LogP contribution is -2.38. The number of hydrogen-bond acceptors (Lipinski definition) is 3. The van der Waals surface area contributed by atoms with Crippen molar-refractivity contribution in [1.29, 1.82) is 0 Å². The van der Waals surface area contributed by atoms with E-state index in [0.29, 0.717) is 12.3 Å². The minimum atomic E-state index is -0.213. The molecular weight excluding hydrogens is 218 g/mol. The van der Waals surface area contributed by atoms with E-state index in [1.807, 2.05) is 32.1 Å². The molecule has 0 unspecified atom stereocenters. The largest absolute Gasteiger partial charge is 0.298 e. The summed E-state index contributed by atoms with van der Waals surface area (Å²) in [5.41, 5.74) is 1.20. The number of nitrogens with zero attached hydrogens (tertiary/aromatic N) is 1. The Balaban J connectivity index is 1.97. The van der Waals surface area contributed by atoms with Crippen molar-refractivity contribution in [3.8, 4) is 0 Å². The Kier molecular flexibility index (Phi) is 3.17. The molecule has 0 atom stereocenters. The SMILES string of the molecule is CC(C)(C)C(=O)CN1CCc2sccc2C1. The monoisotopic (exact) mass is 237 g/mol. The number of rotatable bonds is 2. The van der Waals surface area contributed by atoms with Gasteiger partial charge in [-0.1, -0.05) is 20.8 Å². The first-order valence-corrected chi connectivity index (χ1v) is 6.65. The maximum absolute atomic E-state index is 11.9. The van der Waals surface area contributed by atoms with Gasteiger partial charge in [0.15, 0.2) is 5.78 Å². The van der Waals surface area contributed by atoms with Gasteiger partial charge in [0.2, 0.25) is 0 Å². The van der Waals surface area contributed by atoms with E-state index in [0.717, 1.165) is 19.5 Å². The summed E-state index contributed by atoms with van der Waals surface area (Å²) in [6, 6.07) is 2.19. The molecule has 1 aliphatic heterocycles. The third-order valence-electron chi connectivity index (χ3n) is 3.09. The lowest BCUT2D eigenvalue weighted by Gasteiger charge is -2.28. The van der Waals surface area contributed by atoms with Crippen molar-refractivity contribution in [3.63, 3.8) is 0 Å². The van der Waals surface area contributed by atoms with E-state index in [4.69, 9.17) is 0 Å². The first-order chi connectivity index (χ1) is 7.47. The van der Waals surface area contributed by atoms with E-state index in [1.54, 1.807) is 0 Å². The Labute approximate surface area is 101 Å². The third kappa shape index (κ3) is 2.53. The van der Waals surface area contributed by atoms with Crippen LogP contribution in [0.2, 0.25) is 0 Å². The molecule has 1 aromatic heterocycles. The van der Waals surface area contributed by atoms with Crippen LogP contribution in [-0.2, 0) is 17.8 Å². The van der Waals surface area contributed by atoms with Crippen LogP contribution in [0.5, 0.6) is 0 Å². The fourth-order valence-electron chi connectivity index (χ4n) is 1.88. The highest BCUT2D eigenvalue weighted by molar-refractivity contribution is 7.10. The van der Waals surface area contributed by atoms with Gasteiger partial charge in [-0.3, -0.25) is 9.69 Å². The van der Waals surface area contributed by atoms with Crippen LogP contribution in [0.25, 0.3) is 0 Å². The minimum absolute atomic E-state index is 0.213. The summed E-state index contributed by atoms with van der Waals surface area (Å²) >= 11 is 1.84. The van der Waals surface area contributed by atoms with Gasteiger partial charge < -0.3 is 0 Å². The van der Waals surface area contributed by atoms with Crippen molar-refractivity contribution >= 4 is 17.1 Å². The normalized spacial score (nSPS) is 17.2. The van der Waals surface area contributed by atoms with E-state index in [-0.39, 0.29) is 5.41 Å². The van der Waals surface area contributed by atoms with E-state index < -0.39 is 0 Å². The number of ketones is 1. The standard InChI is InChI=1S/C13H19NOS/c1-13(2,3)12(15)9-14-6-4-11-10(8-14)5-7-16-11/h5,7H,4,6,8-9H2,1-3H3. The average Bonchev–Trinajstić information content (AvgIpc) is 2.63. The molecular formula is C13H19NOS. The molecule has 3 heteroatoms. The van der Waals surface area contributed by atoms with E-state index in [1.165, 1.54) is 10.4 Å². The summed E-state index contributed by atoms with van der Waals surface area (Å²) in [7, 11) is 0. The first-order valence-electron chi connectivity index (χ1n) is 5.78. The summed E-state index contributed by atoms with van der Waals surface area (Å²) in [6.45, 7) is 8.55. The zero-order valence-corrected chi connectivity index (χ0v) is 11.1. The molecule has 1 aliphatic rings. The fourth-order valence-corrected chi connectivity index (χ4v) is 2.77. The van der Waals surface area contributed by atoms with Crippen LogP contribution >= 0.6 is 11.3 Å². The highest BCUT2D eigenvalue weighted by atomic mass is 32.1. The maximum Gasteiger partial charge on any atom is 0.152 e. The molecule has 0 saturated heterocycles. The number of hydrogen-bond donors (Lipinski definition) is 0. The lowest BCUT2D eigenvalue weighted by molar-refractivity contribution is -0.127. The van der Waals surface area contributed by atoms with E-state index in [2.05, 4.69) is 16.3 Å². The predicted octanol–water partition coefficient (Wildman–Crippen LogP) is 2.72. The highest BCUT2D eigenvalue weighted by Gasteiger charge is 2.25. The second-order valence-electron chi connectivity index (χ2n) is 5.50. The maximum atomic E-state index is 11.9. The van der Waals surface area contributed by atoms with Crippen LogP contribution in [0.1, 0.15) is 31.2 Å². The van der Waals surface area contributed by atoms with Crippen LogP contribution in [0.15, 0.2) is 11.4 Å². The van der Waals surface area contributed by atoms with Gasteiger partial charge in [-0.25, -0.2) is 0 Å². The van der Waals surface area contributed by atoms with Gasteiger partial charge >= 0.3 is 0 Å². The van der Waals surface area contributed by atoms with Crippen molar-refractivity contribution in [2.75, 3.05) is 13.1 Å². The summed E-state index contributed by atoms with van der Waals surface area (Å²) in [5.74, 6) is 0.339. The Morgan fingerprint density at radius 3 is 2.94 bits per heavy atom. The molecule has 0 aliphatic carbocycles. The Bertz CT molecular complexity index is 389. The molecule has 0 spiro atoms. The van der Waals surface area contributed by atoms with E-state index >= 15 is 0 Å². The predicted molar refractivity (Wildman–Crippen MR) is 67.8 cm³/mol. The smallest absolute Gasteiger partial charge is 0.152 e. The summed E-state index contributed by atoms with van der Waals surface area (Å²) in [5, 5.41) is 2.15. The molecule has 2 rings (SSSR count). The second-order valence-corrected chi connectivity index (χ2v) is 6.50. The van der Waals surface area contributed by atoms with Crippen LogP contribution in [0.3, 0.4) is 0 Å². The van der Waals surface area contributed by atoms with Crippen molar-refractivity contribution in [2.24, 2.45) is 5.41 Å². The zero-order chi connectivity index (χ0) is 11.8. The molecule has 0 N–H and O–H groups in total. The number of Topliss-reactive ketones (excluding diaryl/α,β-unsaturated/α-hetero) is 1. The van der Waals surface area contributed by atoms with Crippen LogP contribution < -0.4 is 0 Å². The van der Waals surface area contributed by atoms with Crippen LogP contribution in [0.4, 0.5) is 0 Å².